The zero-order chi connectivity index (χ0) is 11.5. The van der Waals surface area contributed by atoms with Crippen LogP contribution in [0.15, 0.2) is 28.9 Å². The predicted octanol–water partition coefficient (Wildman–Crippen LogP) is 2.32. The SMILES string of the molecule is NCCn1cc(-c2ccc(Br)c(Cl)c2)nn1. The molecule has 0 amide bonds. The normalized spacial score (nSPS) is 10.7. The summed E-state index contributed by atoms with van der Waals surface area (Å²) in [6.45, 7) is 1.21. The Labute approximate surface area is 107 Å². The molecule has 2 aromatic rings. The number of hydrogen-bond acceptors (Lipinski definition) is 3. The molecule has 4 nitrogen and oxygen atoms in total. The Morgan fingerprint density at radius 3 is 2.94 bits per heavy atom. The van der Waals surface area contributed by atoms with Gasteiger partial charge in [-0.2, -0.15) is 0 Å². The largest absolute Gasteiger partial charge is 0.329 e. The van der Waals surface area contributed by atoms with E-state index in [2.05, 4.69) is 26.2 Å². The Hall–Kier alpha value is -0.910. The summed E-state index contributed by atoms with van der Waals surface area (Å²) in [5, 5.41) is 8.68. The minimum absolute atomic E-state index is 0.546. The molecule has 0 aliphatic heterocycles. The molecule has 1 heterocycles. The first kappa shape index (κ1) is 11.6. The van der Waals surface area contributed by atoms with E-state index in [9.17, 15) is 0 Å². The Morgan fingerprint density at radius 1 is 1.44 bits per heavy atom. The first-order valence-electron chi connectivity index (χ1n) is 4.76. The van der Waals surface area contributed by atoms with Crippen LogP contribution in [0.2, 0.25) is 5.02 Å². The van der Waals surface area contributed by atoms with Crippen molar-refractivity contribution in [2.45, 2.75) is 6.54 Å². The second-order valence-corrected chi connectivity index (χ2v) is 4.55. The smallest absolute Gasteiger partial charge is 0.113 e. The van der Waals surface area contributed by atoms with Gasteiger partial charge in [0.05, 0.1) is 17.8 Å². The highest BCUT2D eigenvalue weighted by molar-refractivity contribution is 9.10. The molecule has 0 atom stereocenters. The molecule has 84 valence electrons. The third-order valence-electron chi connectivity index (χ3n) is 2.11. The summed E-state index contributed by atoms with van der Waals surface area (Å²) in [4.78, 5) is 0. The van der Waals surface area contributed by atoms with Crippen LogP contribution in [0.5, 0.6) is 0 Å². The maximum Gasteiger partial charge on any atom is 0.113 e. The molecule has 0 bridgehead atoms. The van der Waals surface area contributed by atoms with Crippen LogP contribution < -0.4 is 5.73 Å². The van der Waals surface area contributed by atoms with Crippen molar-refractivity contribution in [2.75, 3.05) is 6.54 Å². The van der Waals surface area contributed by atoms with E-state index in [4.69, 9.17) is 17.3 Å². The second kappa shape index (κ2) is 4.95. The zero-order valence-electron chi connectivity index (χ0n) is 8.40. The molecule has 0 aliphatic rings. The highest BCUT2D eigenvalue weighted by atomic mass is 79.9. The molecule has 1 aromatic carbocycles. The predicted molar refractivity (Wildman–Crippen MR) is 67.2 cm³/mol. The van der Waals surface area contributed by atoms with Crippen molar-refractivity contribution in [1.82, 2.24) is 15.0 Å². The zero-order valence-corrected chi connectivity index (χ0v) is 10.7. The molecular formula is C10H10BrClN4. The number of aromatic nitrogens is 3. The number of nitrogens with zero attached hydrogens (tertiary/aromatic N) is 3. The van der Waals surface area contributed by atoms with Gasteiger partial charge in [0.2, 0.25) is 0 Å². The maximum absolute atomic E-state index is 6.01. The molecule has 6 heteroatoms. The van der Waals surface area contributed by atoms with Gasteiger partial charge in [0, 0.05) is 16.6 Å². The lowest BCUT2D eigenvalue weighted by Crippen LogP contribution is -2.10. The Morgan fingerprint density at radius 2 is 2.25 bits per heavy atom. The average Bonchev–Trinajstić information content (AvgIpc) is 2.71. The Bertz CT molecular complexity index is 497. The standard InChI is InChI=1S/C10H10BrClN4/c11-8-2-1-7(5-9(8)12)10-6-16(4-3-13)15-14-10/h1-2,5-6H,3-4,13H2. The highest BCUT2D eigenvalue weighted by Crippen LogP contribution is 2.27. The van der Waals surface area contributed by atoms with Gasteiger partial charge in [-0.1, -0.05) is 22.9 Å². The summed E-state index contributed by atoms with van der Waals surface area (Å²) in [6.07, 6.45) is 1.85. The first-order valence-corrected chi connectivity index (χ1v) is 5.93. The van der Waals surface area contributed by atoms with Crippen LogP contribution in [-0.2, 0) is 6.54 Å². The third-order valence-corrected chi connectivity index (χ3v) is 3.34. The van der Waals surface area contributed by atoms with Crippen molar-refractivity contribution in [2.24, 2.45) is 5.73 Å². The fourth-order valence-electron chi connectivity index (χ4n) is 1.33. The van der Waals surface area contributed by atoms with Crippen LogP contribution in [-0.4, -0.2) is 21.5 Å². The third kappa shape index (κ3) is 2.42. The second-order valence-electron chi connectivity index (χ2n) is 3.28. The quantitative estimate of drug-likeness (QED) is 0.946. The molecule has 0 fully saturated rings. The summed E-state index contributed by atoms with van der Waals surface area (Å²) < 4.78 is 2.58. The van der Waals surface area contributed by atoms with Gasteiger partial charge in [0.1, 0.15) is 5.69 Å². The topological polar surface area (TPSA) is 56.7 Å². The summed E-state index contributed by atoms with van der Waals surface area (Å²) >= 11 is 9.35. The van der Waals surface area contributed by atoms with E-state index >= 15 is 0 Å². The monoisotopic (exact) mass is 300 g/mol. The number of nitrogens with two attached hydrogens (primary N) is 1. The van der Waals surface area contributed by atoms with E-state index in [-0.39, 0.29) is 0 Å². The van der Waals surface area contributed by atoms with E-state index in [1.54, 1.807) is 4.68 Å². The van der Waals surface area contributed by atoms with E-state index in [0.29, 0.717) is 18.1 Å². The minimum atomic E-state index is 0.546. The number of rotatable bonds is 3. The van der Waals surface area contributed by atoms with Gasteiger partial charge in [-0.3, -0.25) is 4.68 Å². The summed E-state index contributed by atoms with van der Waals surface area (Å²) in [7, 11) is 0. The van der Waals surface area contributed by atoms with Crippen molar-refractivity contribution in [3.8, 4) is 11.3 Å². The highest BCUT2D eigenvalue weighted by Gasteiger charge is 2.05. The van der Waals surface area contributed by atoms with E-state index in [1.807, 2.05) is 24.4 Å². The first-order chi connectivity index (χ1) is 7.70. The van der Waals surface area contributed by atoms with Gasteiger partial charge in [-0.25, -0.2) is 0 Å². The summed E-state index contributed by atoms with van der Waals surface area (Å²) in [5.74, 6) is 0. The molecule has 0 unspecified atom stereocenters. The summed E-state index contributed by atoms with van der Waals surface area (Å²) in [5.41, 5.74) is 7.17. The van der Waals surface area contributed by atoms with Gasteiger partial charge < -0.3 is 5.73 Å². The van der Waals surface area contributed by atoms with Crippen LogP contribution in [0, 0.1) is 0 Å². The van der Waals surface area contributed by atoms with Crippen molar-refractivity contribution in [1.29, 1.82) is 0 Å². The minimum Gasteiger partial charge on any atom is -0.329 e. The van der Waals surface area contributed by atoms with E-state index in [0.717, 1.165) is 15.7 Å². The van der Waals surface area contributed by atoms with Gasteiger partial charge in [0.15, 0.2) is 0 Å². The maximum atomic E-state index is 6.01. The van der Waals surface area contributed by atoms with Gasteiger partial charge in [-0.15, -0.1) is 5.10 Å². The Balaban J connectivity index is 2.31. The van der Waals surface area contributed by atoms with Gasteiger partial charge in [-0.05, 0) is 28.1 Å². The molecule has 1 aromatic heterocycles. The molecule has 0 aliphatic carbocycles. The molecule has 0 spiro atoms. The Kier molecular flexibility index (Phi) is 3.58. The molecular weight excluding hydrogens is 291 g/mol. The number of hydrogen-bond donors (Lipinski definition) is 1. The molecule has 2 rings (SSSR count). The molecule has 16 heavy (non-hydrogen) atoms. The van der Waals surface area contributed by atoms with Crippen molar-refractivity contribution < 1.29 is 0 Å². The van der Waals surface area contributed by atoms with Gasteiger partial charge >= 0.3 is 0 Å². The lowest BCUT2D eigenvalue weighted by Gasteiger charge is -1.98. The number of benzene rings is 1. The fourth-order valence-corrected chi connectivity index (χ4v) is 1.75. The summed E-state index contributed by atoms with van der Waals surface area (Å²) in [6, 6.07) is 5.68. The van der Waals surface area contributed by atoms with E-state index < -0.39 is 0 Å². The van der Waals surface area contributed by atoms with Crippen LogP contribution in [0.4, 0.5) is 0 Å². The lowest BCUT2D eigenvalue weighted by molar-refractivity contribution is 0.598. The molecule has 0 radical (unpaired) electrons. The lowest BCUT2D eigenvalue weighted by atomic mass is 10.2. The van der Waals surface area contributed by atoms with Crippen molar-refractivity contribution >= 4 is 27.5 Å². The van der Waals surface area contributed by atoms with Crippen molar-refractivity contribution in [3.63, 3.8) is 0 Å². The molecule has 0 saturated heterocycles. The van der Waals surface area contributed by atoms with Gasteiger partial charge in [0.25, 0.3) is 0 Å². The van der Waals surface area contributed by atoms with E-state index in [1.165, 1.54) is 0 Å². The average molecular weight is 302 g/mol. The fraction of sp³-hybridized carbons (Fsp3) is 0.200. The number of halogens is 2. The van der Waals surface area contributed by atoms with Crippen LogP contribution in [0.25, 0.3) is 11.3 Å². The van der Waals surface area contributed by atoms with Crippen LogP contribution in [0.3, 0.4) is 0 Å². The van der Waals surface area contributed by atoms with Crippen LogP contribution in [0.1, 0.15) is 0 Å². The molecule has 0 saturated carbocycles. The van der Waals surface area contributed by atoms with Crippen LogP contribution >= 0.6 is 27.5 Å². The molecule has 2 N–H and O–H groups in total. The van der Waals surface area contributed by atoms with Crippen molar-refractivity contribution in [3.05, 3.63) is 33.9 Å².